The summed E-state index contributed by atoms with van der Waals surface area (Å²) in [4.78, 5) is 2.56. The van der Waals surface area contributed by atoms with E-state index in [1.807, 2.05) is 0 Å². The van der Waals surface area contributed by atoms with Gasteiger partial charge >= 0.3 is 0 Å². The predicted octanol–water partition coefficient (Wildman–Crippen LogP) is 2.25. The molecule has 1 atom stereocenters. The van der Waals surface area contributed by atoms with Crippen molar-refractivity contribution in [3.8, 4) is 0 Å². The first-order valence-corrected chi connectivity index (χ1v) is 7.98. The summed E-state index contributed by atoms with van der Waals surface area (Å²) in [7, 11) is 0. The molecule has 0 radical (unpaired) electrons. The lowest BCUT2D eigenvalue weighted by Gasteiger charge is -2.44. The Kier molecular flexibility index (Phi) is 4.59. The van der Waals surface area contributed by atoms with Crippen molar-refractivity contribution in [2.24, 2.45) is 11.3 Å². The van der Waals surface area contributed by atoms with Gasteiger partial charge in [0.15, 0.2) is 0 Å². The highest BCUT2D eigenvalue weighted by atomic mass is 16.3. The monoisotopic (exact) mass is 268 g/mol. The van der Waals surface area contributed by atoms with Gasteiger partial charge in [-0.05, 0) is 50.1 Å². The highest BCUT2D eigenvalue weighted by Gasteiger charge is 2.46. The third kappa shape index (κ3) is 3.93. The molecule has 1 heterocycles. The topological polar surface area (TPSA) is 35.5 Å². The summed E-state index contributed by atoms with van der Waals surface area (Å²) in [6.45, 7) is 12.8. The Morgan fingerprint density at radius 3 is 2.26 bits per heavy atom. The van der Waals surface area contributed by atoms with Crippen LogP contribution in [0, 0.1) is 11.3 Å². The van der Waals surface area contributed by atoms with Gasteiger partial charge < -0.3 is 15.3 Å². The van der Waals surface area contributed by atoms with Crippen LogP contribution in [0.1, 0.15) is 53.4 Å². The fraction of sp³-hybridized carbons (Fsp3) is 1.00. The molecule has 1 saturated carbocycles. The minimum absolute atomic E-state index is 0.0599. The van der Waals surface area contributed by atoms with E-state index in [1.54, 1.807) is 0 Å². The standard InChI is InChI=1S/C16H32N2O/c1-13(2)17-16(12-19,14-5-6-14)11-18-9-7-15(3,4)8-10-18/h13-14,17,19H,5-12H2,1-4H3. The fourth-order valence-electron chi connectivity index (χ4n) is 3.44. The molecule has 1 saturated heterocycles. The highest BCUT2D eigenvalue weighted by Crippen LogP contribution is 2.41. The summed E-state index contributed by atoms with van der Waals surface area (Å²) in [6, 6.07) is 0.439. The Morgan fingerprint density at radius 1 is 1.26 bits per heavy atom. The lowest BCUT2D eigenvalue weighted by Crippen LogP contribution is -2.60. The van der Waals surface area contributed by atoms with Gasteiger partial charge in [0.05, 0.1) is 12.1 Å². The summed E-state index contributed by atoms with van der Waals surface area (Å²) in [6.07, 6.45) is 5.11. The molecule has 19 heavy (non-hydrogen) atoms. The first-order valence-electron chi connectivity index (χ1n) is 7.98. The van der Waals surface area contributed by atoms with Crippen LogP contribution in [0.15, 0.2) is 0 Å². The molecule has 0 bridgehead atoms. The van der Waals surface area contributed by atoms with Gasteiger partial charge in [0.1, 0.15) is 0 Å². The van der Waals surface area contributed by atoms with Crippen molar-refractivity contribution in [3.05, 3.63) is 0 Å². The van der Waals surface area contributed by atoms with Crippen LogP contribution in [0.3, 0.4) is 0 Å². The molecular formula is C16H32N2O. The zero-order valence-electron chi connectivity index (χ0n) is 13.2. The van der Waals surface area contributed by atoms with E-state index in [9.17, 15) is 5.11 Å². The number of nitrogens with one attached hydrogen (secondary N) is 1. The number of aliphatic hydroxyl groups is 1. The second-order valence-corrected chi connectivity index (χ2v) is 7.83. The average molecular weight is 268 g/mol. The van der Waals surface area contributed by atoms with Gasteiger partial charge in [-0.15, -0.1) is 0 Å². The summed E-state index contributed by atoms with van der Waals surface area (Å²) >= 11 is 0. The molecule has 2 N–H and O–H groups in total. The zero-order valence-corrected chi connectivity index (χ0v) is 13.2. The van der Waals surface area contributed by atoms with Crippen LogP contribution >= 0.6 is 0 Å². The third-order valence-corrected chi connectivity index (χ3v) is 4.93. The summed E-state index contributed by atoms with van der Waals surface area (Å²) < 4.78 is 0. The van der Waals surface area contributed by atoms with Gasteiger partial charge in [0.2, 0.25) is 0 Å². The Bertz CT molecular complexity index is 289. The van der Waals surface area contributed by atoms with E-state index in [-0.39, 0.29) is 12.1 Å². The number of aliphatic hydroxyl groups excluding tert-OH is 1. The van der Waals surface area contributed by atoms with Crippen LogP contribution in [0.25, 0.3) is 0 Å². The Hall–Kier alpha value is -0.120. The van der Waals surface area contributed by atoms with Crippen molar-refractivity contribution < 1.29 is 5.11 Å². The van der Waals surface area contributed by atoms with Crippen LogP contribution in [0.2, 0.25) is 0 Å². The van der Waals surface area contributed by atoms with E-state index in [4.69, 9.17) is 0 Å². The fourth-order valence-corrected chi connectivity index (χ4v) is 3.44. The molecular weight excluding hydrogens is 236 g/mol. The second kappa shape index (κ2) is 5.71. The number of rotatable bonds is 6. The second-order valence-electron chi connectivity index (χ2n) is 7.83. The summed E-state index contributed by atoms with van der Waals surface area (Å²) in [5.41, 5.74) is 0.444. The Morgan fingerprint density at radius 2 is 1.84 bits per heavy atom. The first kappa shape index (κ1) is 15.3. The lowest BCUT2D eigenvalue weighted by atomic mass is 9.81. The highest BCUT2D eigenvalue weighted by molar-refractivity contribution is 5.04. The lowest BCUT2D eigenvalue weighted by molar-refractivity contribution is 0.0534. The molecule has 112 valence electrons. The molecule has 1 unspecified atom stereocenters. The molecule has 2 aliphatic rings. The molecule has 0 aromatic rings. The molecule has 3 nitrogen and oxygen atoms in total. The van der Waals surface area contributed by atoms with E-state index >= 15 is 0 Å². The van der Waals surface area contributed by atoms with Crippen molar-refractivity contribution in [1.29, 1.82) is 0 Å². The maximum atomic E-state index is 9.98. The van der Waals surface area contributed by atoms with E-state index < -0.39 is 0 Å². The normalized spacial score (nSPS) is 27.5. The third-order valence-electron chi connectivity index (χ3n) is 4.93. The van der Waals surface area contributed by atoms with Gasteiger partial charge in [0, 0.05) is 12.6 Å². The van der Waals surface area contributed by atoms with Crippen molar-refractivity contribution in [3.63, 3.8) is 0 Å². The predicted molar refractivity (Wildman–Crippen MR) is 80.3 cm³/mol. The molecule has 2 rings (SSSR count). The number of hydrogen-bond acceptors (Lipinski definition) is 3. The smallest absolute Gasteiger partial charge is 0.0628 e. The number of likely N-dealkylation sites (tertiary alicyclic amines) is 1. The quantitative estimate of drug-likeness (QED) is 0.775. The maximum absolute atomic E-state index is 9.98. The van der Waals surface area contributed by atoms with E-state index in [0.29, 0.717) is 17.4 Å². The van der Waals surface area contributed by atoms with Crippen LogP contribution in [-0.4, -0.2) is 47.8 Å². The summed E-state index contributed by atoms with van der Waals surface area (Å²) in [5, 5.41) is 13.7. The van der Waals surface area contributed by atoms with Gasteiger partial charge in [0.25, 0.3) is 0 Å². The molecule has 2 fully saturated rings. The zero-order chi connectivity index (χ0) is 14.1. The van der Waals surface area contributed by atoms with Crippen LogP contribution in [-0.2, 0) is 0 Å². The minimum Gasteiger partial charge on any atom is -0.394 e. The van der Waals surface area contributed by atoms with Crippen LogP contribution in [0.4, 0.5) is 0 Å². The van der Waals surface area contributed by atoms with Crippen LogP contribution < -0.4 is 5.32 Å². The van der Waals surface area contributed by atoms with Gasteiger partial charge in [-0.3, -0.25) is 0 Å². The Labute approximate surface area is 118 Å². The van der Waals surface area contributed by atoms with Crippen molar-refractivity contribution in [2.75, 3.05) is 26.2 Å². The van der Waals surface area contributed by atoms with E-state index in [1.165, 1.54) is 38.8 Å². The molecule has 0 amide bonds. The van der Waals surface area contributed by atoms with Gasteiger partial charge in [-0.25, -0.2) is 0 Å². The molecule has 0 aromatic heterocycles. The summed E-state index contributed by atoms with van der Waals surface area (Å²) in [5.74, 6) is 0.676. The van der Waals surface area contributed by atoms with Crippen LogP contribution in [0.5, 0.6) is 0 Å². The maximum Gasteiger partial charge on any atom is 0.0628 e. The molecule has 0 aromatic carbocycles. The SMILES string of the molecule is CC(C)NC(CO)(CN1CCC(C)(C)CC1)C1CC1. The molecule has 3 heteroatoms. The molecule has 1 aliphatic carbocycles. The van der Waals surface area contributed by atoms with Crippen molar-refractivity contribution in [2.45, 2.75) is 65.0 Å². The average Bonchev–Trinajstić information content (AvgIpc) is 3.14. The van der Waals surface area contributed by atoms with Gasteiger partial charge in [-0.1, -0.05) is 27.7 Å². The number of nitrogens with zero attached hydrogens (tertiary/aromatic N) is 1. The molecule has 0 spiro atoms. The van der Waals surface area contributed by atoms with Gasteiger partial charge in [-0.2, -0.15) is 0 Å². The Balaban J connectivity index is 1.96. The van der Waals surface area contributed by atoms with E-state index in [0.717, 1.165) is 6.54 Å². The largest absolute Gasteiger partial charge is 0.394 e. The van der Waals surface area contributed by atoms with Crippen molar-refractivity contribution in [1.82, 2.24) is 10.2 Å². The molecule has 1 aliphatic heterocycles. The van der Waals surface area contributed by atoms with Crippen molar-refractivity contribution >= 4 is 0 Å². The number of piperidine rings is 1. The number of hydrogen-bond donors (Lipinski definition) is 2. The van der Waals surface area contributed by atoms with E-state index in [2.05, 4.69) is 37.9 Å². The first-order chi connectivity index (χ1) is 8.87. The minimum atomic E-state index is -0.0599.